The Bertz CT molecular complexity index is 574. The molecule has 1 fully saturated rings. The van der Waals surface area contributed by atoms with Crippen LogP contribution in [-0.4, -0.2) is 20.9 Å². The van der Waals surface area contributed by atoms with Crippen molar-refractivity contribution in [2.75, 3.05) is 0 Å². The number of aromatic amines is 1. The minimum Gasteiger partial charge on any atom is -0.371 e. The highest BCUT2D eigenvalue weighted by molar-refractivity contribution is 5.93. The smallest absolute Gasteiger partial charge is 0.206 e. The number of imidazole rings is 1. The molecular formula is C16H18N2O2. The lowest BCUT2D eigenvalue weighted by molar-refractivity contribution is -0.139. The zero-order chi connectivity index (χ0) is 14.0. The minimum absolute atomic E-state index is 0.0784. The Kier molecular flexibility index (Phi) is 3.40. The normalized spacial score (nSPS) is 18.9. The van der Waals surface area contributed by atoms with E-state index in [1.807, 2.05) is 18.2 Å². The molecular weight excluding hydrogens is 252 g/mol. The largest absolute Gasteiger partial charge is 0.371 e. The molecule has 0 aliphatic heterocycles. The summed E-state index contributed by atoms with van der Waals surface area (Å²) in [6.07, 6.45) is 7.01. The summed E-state index contributed by atoms with van der Waals surface area (Å²) in [7, 11) is 0. The molecule has 4 heteroatoms. The van der Waals surface area contributed by atoms with Gasteiger partial charge in [-0.2, -0.15) is 0 Å². The second kappa shape index (κ2) is 5.21. The summed E-state index contributed by atoms with van der Waals surface area (Å²) in [5.74, 6) is 0.0852. The van der Waals surface area contributed by atoms with Gasteiger partial charge in [0.15, 0.2) is 11.6 Å². The Morgan fingerprint density at radius 2 is 1.95 bits per heavy atom. The number of carbonyl (C=O) groups excluding carboxylic acids is 1. The van der Waals surface area contributed by atoms with E-state index >= 15 is 0 Å². The van der Waals surface area contributed by atoms with Crippen LogP contribution in [0.15, 0.2) is 42.7 Å². The fourth-order valence-corrected chi connectivity index (χ4v) is 3.02. The van der Waals surface area contributed by atoms with Crippen molar-refractivity contribution in [3.8, 4) is 0 Å². The van der Waals surface area contributed by atoms with Crippen LogP contribution in [0.3, 0.4) is 0 Å². The molecule has 1 aliphatic rings. The van der Waals surface area contributed by atoms with E-state index in [-0.39, 0.29) is 11.7 Å². The standard InChI is InChI=1S/C16H18N2O2/c19-14(12-6-4-5-7-12)16(20,15-17-10-11-18-15)13-8-2-1-3-9-13/h1-3,8-12,20H,4-7H2,(H,17,18). The number of nitrogens with zero attached hydrogens (tertiary/aromatic N) is 1. The van der Waals surface area contributed by atoms with Crippen LogP contribution in [0.4, 0.5) is 0 Å². The Morgan fingerprint density at radius 1 is 1.25 bits per heavy atom. The minimum atomic E-state index is -1.67. The molecule has 4 nitrogen and oxygen atoms in total. The summed E-state index contributed by atoms with van der Waals surface area (Å²) >= 11 is 0. The predicted molar refractivity (Wildman–Crippen MR) is 75.0 cm³/mol. The Labute approximate surface area is 117 Å². The van der Waals surface area contributed by atoms with Gasteiger partial charge in [0.05, 0.1) is 0 Å². The van der Waals surface area contributed by atoms with Crippen molar-refractivity contribution in [2.24, 2.45) is 5.92 Å². The van der Waals surface area contributed by atoms with Gasteiger partial charge in [0.1, 0.15) is 0 Å². The summed E-state index contributed by atoms with van der Waals surface area (Å²) in [4.78, 5) is 19.9. The van der Waals surface area contributed by atoms with Crippen LogP contribution in [0, 0.1) is 5.92 Å². The van der Waals surface area contributed by atoms with E-state index in [9.17, 15) is 9.90 Å². The Balaban J connectivity index is 2.06. The fraction of sp³-hybridized carbons (Fsp3) is 0.375. The summed E-state index contributed by atoms with van der Waals surface area (Å²) < 4.78 is 0. The van der Waals surface area contributed by atoms with Crippen LogP contribution in [-0.2, 0) is 10.4 Å². The van der Waals surface area contributed by atoms with Crippen LogP contribution >= 0.6 is 0 Å². The van der Waals surface area contributed by atoms with E-state index < -0.39 is 5.60 Å². The van der Waals surface area contributed by atoms with Gasteiger partial charge in [0.2, 0.25) is 5.60 Å². The first kappa shape index (κ1) is 13.1. The highest BCUT2D eigenvalue weighted by Gasteiger charge is 2.45. The molecule has 2 N–H and O–H groups in total. The van der Waals surface area contributed by atoms with E-state index in [1.54, 1.807) is 24.5 Å². The number of hydrogen-bond donors (Lipinski definition) is 2. The summed E-state index contributed by atoms with van der Waals surface area (Å²) in [5.41, 5.74) is -1.09. The molecule has 0 spiro atoms. The van der Waals surface area contributed by atoms with Crippen molar-refractivity contribution in [2.45, 2.75) is 31.3 Å². The Hall–Kier alpha value is -1.94. The number of Topliss-reactive ketones (excluding diaryl/α,β-unsaturated/α-hetero) is 1. The molecule has 2 aromatic rings. The number of aliphatic hydroxyl groups is 1. The third-order valence-electron chi connectivity index (χ3n) is 4.12. The summed E-state index contributed by atoms with van der Waals surface area (Å²) in [5, 5.41) is 11.1. The number of rotatable bonds is 4. The highest BCUT2D eigenvalue weighted by atomic mass is 16.3. The molecule has 0 radical (unpaired) electrons. The first-order valence-corrected chi connectivity index (χ1v) is 7.05. The van der Waals surface area contributed by atoms with Crippen LogP contribution in [0.25, 0.3) is 0 Å². The maximum Gasteiger partial charge on any atom is 0.206 e. The van der Waals surface area contributed by atoms with Crippen LogP contribution < -0.4 is 0 Å². The quantitative estimate of drug-likeness (QED) is 0.896. The van der Waals surface area contributed by atoms with E-state index in [1.165, 1.54) is 0 Å². The molecule has 1 unspecified atom stereocenters. The lowest BCUT2D eigenvalue weighted by Crippen LogP contribution is -2.41. The molecule has 1 aromatic heterocycles. The van der Waals surface area contributed by atoms with Gasteiger partial charge in [-0.25, -0.2) is 4.98 Å². The third-order valence-corrected chi connectivity index (χ3v) is 4.12. The van der Waals surface area contributed by atoms with Crippen molar-refractivity contribution in [3.05, 3.63) is 54.1 Å². The van der Waals surface area contributed by atoms with Crippen molar-refractivity contribution in [1.29, 1.82) is 0 Å². The molecule has 104 valence electrons. The molecule has 0 saturated heterocycles. The maximum absolute atomic E-state index is 12.9. The monoisotopic (exact) mass is 270 g/mol. The molecule has 1 heterocycles. The first-order valence-electron chi connectivity index (χ1n) is 7.05. The molecule has 1 aromatic carbocycles. The number of H-pyrrole nitrogens is 1. The van der Waals surface area contributed by atoms with Crippen molar-refractivity contribution in [3.63, 3.8) is 0 Å². The Morgan fingerprint density at radius 3 is 2.55 bits per heavy atom. The number of hydrogen-bond acceptors (Lipinski definition) is 3. The molecule has 1 atom stereocenters. The SMILES string of the molecule is O=C(C1CCCC1)C(O)(c1ccccc1)c1ncc[nH]1. The zero-order valence-corrected chi connectivity index (χ0v) is 11.2. The van der Waals surface area contributed by atoms with Crippen molar-refractivity contribution in [1.82, 2.24) is 9.97 Å². The number of aromatic nitrogens is 2. The zero-order valence-electron chi connectivity index (χ0n) is 11.2. The summed E-state index contributed by atoms with van der Waals surface area (Å²) in [6, 6.07) is 9.06. The van der Waals surface area contributed by atoms with Gasteiger partial charge in [0, 0.05) is 18.3 Å². The third kappa shape index (κ3) is 2.06. The molecule has 1 saturated carbocycles. The van der Waals surface area contributed by atoms with Gasteiger partial charge in [-0.3, -0.25) is 4.79 Å². The van der Waals surface area contributed by atoms with E-state index in [0.717, 1.165) is 25.7 Å². The molecule has 0 amide bonds. The lowest BCUT2D eigenvalue weighted by Gasteiger charge is -2.27. The molecule has 3 rings (SSSR count). The van der Waals surface area contributed by atoms with Crippen LogP contribution in [0.1, 0.15) is 37.1 Å². The predicted octanol–water partition coefficient (Wildman–Crippen LogP) is 2.40. The maximum atomic E-state index is 12.9. The van der Waals surface area contributed by atoms with Crippen molar-refractivity contribution < 1.29 is 9.90 Å². The van der Waals surface area contributed by atoms with Gasteiger partial charge in [0.25, 0.3) is 0 Å². The van der Waals surface area contributed by atoms with Gasteiger partial charge >= 0.3 is 0 Å². The van der Waals surface area contributed by atoms with E-state index in [2.05, 4.69) is 9.97 Å². The molecule has 0 bridgehead atoms. The topological polar surface area (TPSA) is 66.0 Å². The first-order chi connectivity index (χ1) is 9.73. The van der Waals surface area contributed by atoms with E-state index in [4.69, 9.17) is 0 Å². The second-order valence-electron chi connectivity index (χ2n) is 5.36. The van der Waals surface area contributed by atoms with Gasteiger partial charge in [-0.05, 0) is 18.4 Å². The number of ketones is 1. The van der Waals surface area contributed by atoms with Crippen molar-refractivity contribution >= 4 is 5.78 Å². The summed E-state index contributed by atoms with van der Waals surface area (Å²) in [6.45, 7) is 0. The number of benzene rings is 1. The fourth-order valence-electron chi connectivity index (χ4n) is 3.02. The number of nitrogens with one attached hydrogen (secondary N) is 1. The number of carbonyl (C=O) groups is 1. The van der Waals surface area contributed by atoms with Crippen LogP contribution in [0.5, 0.6) is 0 Å². The molecule has 20 heavy (non-hydrogen) atoms. The lowest BCUT2D eigenvalue weighted by atomic mass is 9.81. The van der Waals surface area contributed by atoms with Gasteiger partial charge in [-0.15, -0.1) is 0 Å². The molecule has 1 aliphatic carbocycles. The van der Waals surface area contributed by atoms with E-state index in [0.29, 0.717) is 11.4 Å². The highest BCUT2D eigenvalue weighted by Crippen LogP contribution is 2.36. The van der Waals surface area contributed by atoms with Gasteiger partial charge < -0.3 is 10.1 Å². The second-order valence-corrected chi connectivity index (χ2v) is 5.36. The van der Waals surface area contributed by atoms with Crippen LogP contribution in [0.2, 0.25) is 0 Å². The average molecular weight is 270 g/mol. The average Bonchev–Trinajstić information content (AvgIpc) is 3.19. The van der Waals surface area contributed by atoms with Gasteiger partial charge in [-0.1, -0.05) is 43.2 Å².